The SMILES string of the molecule is Cc1nn(-c2ccccc2)c(C)c1CC(=O)CCc1c(F)cccc1Cl. The van der Waals surface area contributed by atoms with Crippen molar-refractivity contribution in [1.29, 1.82) is 0 Å². The van der Waals surface area contributed by atoms with E-state index >= 15 is 0 Å². The highest BCUT2D eigenvalue weighted by Crippen LogP contribution is 2.22. The molecule has 0 aliphatic carbocycles. The number of benzene rings is 2. The van der Waals surface area contributed by atoms with Crippen LogP contribution in [0.5, 0.6) is 0 Å². The molecule has 0 atom stereocenters. The lowest BCUT2D eigenvalue weighted by molar-refractivity contribution is -0.118. The van der Waals surface area contributed by atoms with E-state index in [2.05, 4.69) is 5.10 Å². The van der Waals surface area contributed by atoms with Gasteiger partial charge in [0.25, 0.3) is 0 Å². The van der Waals surface area contributed by atoms with Crippen molar-refractivity contribution >= 4 is 17.4 Å². The monoisotopic (exact) mass is 370 g/mol. The largest absolute Gasteiger partial charge is 0.299 e. The van der Waals surface area contributed by atoms with Gasteiger partial charge in [0.05, 0.1) is 11.4 Å². The van der Waals surface area contributed by atoms with Crippen LogP contribution >= 0.6 is 11.6 Å². The number of aryl methyl sites for hydroxylation is 1. The molecule has 3 aromatic rings. The van der Waals surface area contributed by atoms with Crippen LogP contribution in [0.15, 0.2) is 48.5 Å². The van der Waals surface area contributed by atoms with Crippen molar-refractivity contribution in [1.82, 2.24) is 9.78 Å². The van der Waals surface area contributed by atoms with Gasteiger partial charge in [0.15, 0.2) is 0 Å². The van der Waals surface area contributed by atoms with Gasteiger partial charge in [-0.2, -0.15) is 5.10 Å². The second-order valence-corrected chi connectivity index (χ2v) is 6.72. The highest BCUT2D eigenvalue weighted by atomic mass is 35.5. The number of ketones is 1. The zero-order valence-corrected chi connectivity index (χ0v) is 15.6. The van der Waals surface area contributed by atoms with Gasteiger partial charge < -0.3 is 0 Å². The lowest BCUT2D eigenvalue weighted by Crippen LogP contribution is -2.07. The van der Waals surface area contributed by atoms with Crippen LogP contribution < -0.4 is 0 Å². The first-order valence-corrected chi connectivity index (χ1v) is 8.90. The Labute approximate surface area is 157 Å². The molecule has 0 aliphatic heterocycles. The Bertz CT molecular complexity index is 914. The Balaban J connectivity index is 1.73. The lowest BCUT2D eigenvalue weighted by Gasteiger charge is -2.07. The van der Waals surface area contributed by atoms with Gasteiger partial charge in [0, 0.05) is 34.7 Å². The molecular weight excluding hydrogens is 351 g/mol. The van der Waals surface area contributed by atoms with Crippen LogP contribution in [0.4, 0.5) is 4.39 Å². The van der Waals surface area contributed by atoms with Crippen LogP contribution in [-0.2, 0) is 17.6 Å². The van der Waals surface area contributed by atoms with Crippen molar-refractivity contribution < 1.29 is 9.18 Å². The summed E-state index contributed by atoms with van der Waals surface area (Å²) in [5, 5.41) is 4.93. The van der Waals surface area contributed by atoms with Crippen LogP contribution in [0.25, 0.3) is 5.69 Å². The predicted octanol–water partition coefficient (Wildman–Crippen LogP) is 5.03. The number of nitrogens with zero attached hydrogens (tertiary/aromatic N) is 2. The van der Waals surface area contributed by atoms with Crippen LogP contribution in [-0.4, -0.2) is 15.6 Å². The Hall–Kier alpha value is -2.46. The molecule has 0 N–H and O–H groups in total. The van der Waals surface area contributed by atoms with E-state index in [0.29, 0.717) is 17.0 Å². The van der Waals surface area contributed by atoms with Crippen LogP contribution in [0.1, 0.15) is 28.9 Å². The van der Waals surface area contributed by atoms with E-state index in [1.165, 1.54) is 6.07 Å². The number of aromatic nitrogens is 2. The van der Waals surface area contributed by atoms with Gasteiger partial charge in [0.2, 0.25) is 0 Å². The Morgan fingerprint density at radius 2 is 1.81 bits per heavy atom. The minimum atomic E-state index is -0.366. The van der Waals surface area contributed by atoms with Gasteiger partial charge in [-0.05, 0) is 44.5 Å². The average molecular weight is 371 g/mol. The first-order chi connectivity index (χ1) is 12.5. The van der Waals surface area contributed by atoms with E-state index in [0.717, 1.165) is 22.6 Å². The van der Waals surface area contributed by atoms with Crippen molar-refractivity contribution in [3.63, 3.8) is 0 Å². The maximum atomic E-state index is 13.8. The topological polar surface area (TPSA) is 34.9 Å². The van der Waals surface area contributed by atoms with Crippen LogP contribution in [0.3, 0.4) is 0 Å². The third kappa shape index (κ3) is 3.86. The summed E-state index contributed by atoms with van der Waals surface area (Å²) in [5.41, 5.74) is 4.08. The highest BCUT2D eigenvalue weighted by Gasteiger charge is 2.17. The molecule has 134 valence electrons. The minimum Gasteiger partial charge on any atom is -0.299 e. The summed E-state index contributed by atoms with van der Waals surface area (Å²) in [4.78, 5) is 12.5. The number of carbonyl (C=O) groups is 1. The smallest absolute Gasteiger partial charge is 0.137 e. The van der Waals surface area contributed by atoms with E-state index in [-0.39, 0.29) is 24.4 Å². The van der Waals surface area contributed by atoms with Gasteiger partial charge >= 0.3 is 0 Å². The van der Waals surface area contributed by atoms with E-state index in [1.54, 1.807) is 12.1 Å². The summed E-state index contributed by atoms with van der Waals surface area (Å²) in [7, 11) is 0. The molecule has 2 aromatic carbocycles. The molecule has 1 aromatic heterocycles. The van der Waals surface area contributed by atoms with E-state index in [4.69, 9.17) is 11.6 Å². The number of hydrogen-bond donors (Lipinski definition) is 0. The fraction of sp³-hybridized carbons (Fsp3) is 0.238. The standard InChI is InChI=1S/C21H20ClFN2O/c1-14-19(15(2)25(24-14)16-7-4-3-5-8-16)13-17(26)11-12-18-20(22)9-6-10-21(18)23/h3-10H,11-13H2,1-2H3. The Morgan fingerprint density at radius 1 is 1.08 bits per heavy atom. The van der Waals surface area contributed by atoms with Gasteiger partial charge in [-0.25, -0.2) is 9.07 Å². The molecule has 5 heteroatoms. The number of halogens is 2. The first kappa shape index (κ1) is 18.3. The maximum absolute atomic E-state index is 13.8. The number of para-hydroxylation sites is 1. The van der Waals surface area contributed by atoms with Crippen LogP contribution in [0.2, 0.25) is 5.02 Å². The highest BCUT2D eigenvalue weighted by molar-refractivity contribution is 6.31. The van der Waals surface area contributed by atoms with Gasteiger partial charge in [-0.3, -0.25) is 4.79 Å². The third-order valence-corrected chi connectivity index (χ3v) is 4.89. The molecule has 0 aliphatic rings. The minimum absolute atomic E-state index is 0.0446. The Kier molecular flexibility index (Phi) is 5.52. The molecule has 0 bridgehead atoms. The molecule has 0 fully saturated rings. The lowest BCUT2D eigenvalue weighted by atomic mass is 10.0. The molecular formula is C21H20ClFN2O. The van der Waals surface area contributed by atoms with Gasteiger partial charge in [-0.1, -0.05) is 35.9 Å². The summed E-state index contributed by atoms with van der Waals surface area (Å²) in [5.74, 6) is -0.322. The predicted molar refractivity (Wildman–Crippen MR) is 101 cm³/mol. The van der Waals surface area contributed by atoms with Gasteiger partial charge in [-0.15, -0.1) is 0 Å². The molecule has 0 spiro atoms. The number of rotatable bonds is 6. The molecule has 3 nitrogen and oxygen atoms in total. The van der Waals surface area contributed by atoms with Crippen molar-refractivity contribution in [3.8, 4) is 5.69 Å². The summed E-state index contributed by atoms with van der Waals surface area (Å²) in [6.07, 6.45) is 0.835. The van der Waals surface area contributed by atoms with E-state index in [1.807, 2.05) is 48.9 Å². The van der Waals surface area contributed by atoms with Crippen molar-refractivity contribution in [3.05, 3.63) is 81.9 Å². The molecule has 26 heavy (non-hydrogen) atoms. The second-order valence-electron chi connectivity index (χ2n) is 6.31. The molecule has 0 unspecified atom stereocenters. The van der Waals surface area contributed by atoms with E-state index in [9.17, 15) is 9.18 Å². The maximum Gasteiger partial charge on any atom is 0.137 e. The fourth-order valence-electron chi connectivity index (χ4n) is 3.07. The summed E-state index contributed by atoms with van der Waals surface area (Å²) in [6, 6.07) is 14.4. The molecule has 0 amide bonds. The molecule has 0 saturated heterocycles. The summed E-state index contributed by atoms with van der Waals surface area (Å²) >= 11 is 6.03. The first-order valence-electron chi connectivity index (χ1n) is 8.52. The molecule has 0 saturated carbocycles. The summed E-state index contributed by atoms with van der Waals surface area (Å²) < 4.78 is 15.7. The quantitative estimate of drug-likeness (QED) is 0.610. The average Bonchev–Trinajstić information content (AvgIpc) is 2.90. The Morgan fingerprint density at radius 3 is 2.50 bits per heavy atom. The van der Waals surface area contributed by atoms with Crippen molar-refractivity contribution in [2.75, 3.05) is 0 Å². The fourth-order valence-corrected chi connectivity index (χ4v) is 3.33. The zero-order chi connectivity index (χ0) is 18.7. The molecule has 3 rings (SSSR count). The number of carbonyl (C=O) groups excluding carboxylic acids is 1. The normalized spacial score (nSPS) is 10.9. The van der Waals surface area contributed by atoms with Crippen molar-refractivity contribution in [2.45, 2.75) is 33.1 Å². The second kappa shape index (κ2) is 7.83. The molecule has 0 radical (unpaired) electrons. The number of Topliss-reactive ketones (excluding diaryl/α,β-unsaturated/α-hetero) is 1. The summed E-state index contributed by atoms with van der Waals surface area (Å²) in [6.45, 7) is 3.87. The van der Waals surface area contributed by atoms with E-state index < -0.39 is 0 Å². The zero-order valence-electron chi connectivity index (χ0n) is 14.8. The molecule has 1 heterocycles. The number of hydrogen-bond acceptors (Lipinski definition) is 2. The third-order valence-electron chi connectivity index (χ3n) is 4.53. The van der Waals surface area contributed by atoms with Crippen LogP contribution in [0, 0.1) is 19.7 Å². The van der Waals surface area contributed by atoms with Crippen molar-refractivity contribution in [2.24, 2.45) is 0 Å². The van der Waals surface area contributed by atoms with Gasteiger partial charge in [0.1, 0.15) is 11.6 Å².